The van der Waals surface area contributed by atoms with Crippen LogP contribution < -0.4 is 20.1 Å². The van der Waals surface area contributed by atoms with Gasteiger partial charge in [0.2, 0.25) is 0 Å². The van der Waals surface area contributed by atoms with Gasteiger partial charge in [-0.15, -0.1) is 0 Å². The average Bonchev–Trinajstić information content (AvgIpc) is 3.02. The monoisotopic (exact) mass is 489 g/mol. The summed E-state index contributed by atoms with van der Waals surface area (Å²) in [6.45, 7) is 7.39. The van der Waals surface area contributed by atoms with Gasteiger partial charge in [-0.2, -0.15) is 0 Å². The first-order valence-electron chi connectivity index (χ1n) is 11.8. The molecule has 2 fully saturated rings. The minimum absolute atomic E-state index is 0.129. The lowest BCUT2D eigenvalue weighted by molar-refractivity contribution is -0.155. The van der Waals surface area contributed by atoms with Crippen molar-refractivity contribution in [2.24, 2.45) is 11.3 Å². The van der Waals surface area contributed by atoms with Crippen LogP contribution in [0.3, 0.4) is 0 Å². The Kier molecular flexibility index (Phi) is 7.62. The molecule has 0 unspecified atom stereocenters. The molecule has 35 heavy (non-hydrogen) atoms. The lowest BCUT2D eigenvalue weighted by Gasteiger charge is -2.40. The highest BCUT2D eigenvalue weighted by molar-refractivity contribution is 6.09. The number of esters is 1. The second kappa shape index (κ2) is 10.1. The van der Waals surface area contributed by atoms with E-state index in [0.29, 0.717) is 35.9 Å². The van der Waals surface area contributed by atoms with Gasteiger partial charge in [0.25, 0.3) is 11.8 Å². The van der Waals surface area contributed by atoms with Crippen LogP contribution in [0.4, 0.5) is 10.5 Å². The second-order valence-corrected chi connectivity index (χ2v) is 10.2. The Morgan fingerprint density at radius 1 is 1.14 bits per heavy atom. The summed E-state index contributed by atoms with van der Waals surface area (Å²) in [6, 6.07) is 4.22. The average molecular weight is 490 g/mol. The SMILES string of the molecule is COc1ccc(NC(=O)[C@@H](C)OC(=O)CN2C(=O)NC3(CCC(C(C)(C)C)CC3)C2=O)cc1OC. The normalized spacial score (nSPS) is 23.0. The van der Waals surface area contributed by atoms with Crippen LogP contribution in [0.2, 0.25) is 0 Å². The summed E-state index contributed by atoms with van der Waals surface area (Å²) >= 11 is 0. The molecule has 1 saturated heterocycles. The predicted molar refractivity (Wildman–Crippen MR) is 128 cm³/mol. The van der Waals surface area contributed by atoms with Crippen molar-refractivity contribution < 1.29 is 33.4 Å². The number of carbonyl (C=O) groups excluding carboxylic acids is 4. The molecule has 1 heterocycles. The van der Waals surface area contributed by atoms with E-state index >= 15 is 0 Å². The lowest BCUT2D eigenvalue weighted by atomic mass is 9.67. The summed E-state index contributed by atoms with van der Waals surface area (Å²) in [6.07, 6.45) is 1.57. The maximum absolute atomic E-state index is 13.1. The maximum Gasteiger partial charge on any atom is 0.327 e. The summed E-state index contributed by atoms with van der Waals surface area (Å²) in [5.41, 5.74) is -0.405. The van der Waals surface area contributed by atoms with Gasteiger partial charge in [-0.1, -0.05) is 20.8 Å². The van der Waals surface area contributed by atoms with E-state index in [1.807, 2.05) is 0 Å². The third-order valence-electron chi connectivity index (χ3n) is 6.93. The van der Waals surface area contributed by atoms with Gasteiger partial charge in [-0.05, 0) is 56.1 Å². The molecular weight excluding hydrogens is 454 g/mol. The number of rotatable bonds is 7. The highest BCUT2D eigenvalue weighted by atomic mass is 16.5. The molecule has 2 aliphatic rings. The van der Waals surface area contributed by atoms with Gasteiger partial charge < -0.3 is 24.8 Å². The minimum Gasteiger partial charge on any atom is -0.493 e. The van der Waals surface area contributed by atoms with Crippen LogP contribution in [-0.2, 0) is 19.1 Å². The van der Waals surface area contributed by atoms with Gasteiger partial charge in [0.15, 0.2) is 17.6 Å². The van der Waals surface area contributed by atoms with E-state index in [0.717, 1.165) is 17.7 Å². The highest BCUT2D eigenvalue weighted by Crippen LogP contribution is 2.43. The number of nitrogens with one attached hydrogen (secondary N) is 2. The first kappa shape index (κ1) is 26.3. The Labute approximate surface area is 205 Å². The molecule has 2 N–H and O–H groups in total. The topological polar surface area (TPSA) is 123 Å². The van der Waals surface area contributed by atoms with Crippen LogP contribution in [0.25, 0.3) is 0 Å². The van der Waals surface area contributed by atoms with Crippen molar-refractivity contribution in [1.29, 1.82) is 0 Å². The van der Waals surface area contributed by atoms with E-state index < -0.39 is 42.0 Å². The molecule has 1 aliphatic carbocycles. The summed E-state index contributed by atoms with van der Waals surface area (Å²) in [7, 11) is 2.98. The fourth-order valence-corrected chi connectivity index (χ4v) is 4.71. The van der Waals surface area contributed by atoms with E-state index in [2.05, 4.69) is 31.4 Å². The van der Waals surface area contributed by atoms with Crippen LogP contribution >= 0.6 is 0 Å². The summed E-state index contributed by atoms with van der Waals surface area (Å²) < 4.78 is 15.6. The van der Waals surface area contributed by atoms with Crippen molar-refractivity contribution in [2.75, 3.05) is 26.1 Å². The smallest absolute Gasteiger partial charge is 0.327 e. The molecule has 10 nitrogen and oxygen atoms in total. The number of carbonyl (C=O) groups is 4. The van der Waals surface area contributed by atoms with E-state index in [4.69, 9.17) is 14.2 Å². The number of ether oxygens (including phenoxy) is 3. The highest BCUT2D eigenvalue weighted by Gasteiger charge is 2.53. The molecule has 0 bridgehead atoms. The second-order valence-electron chi connectivity index (χ2n) is 10.2. The molecule has 1 saturated carbocycles. The van der Waals surface area contributed by atoms with Gasteiger partial charge in [0.1, 0.15) is 12.1 Å². The quantitative estimate of drug-likeness (QED) is 0.446. The van der Waals surface area contributed by atoms with Crippen molar-refractivity contribution in [3.05, 3.63) is 18.2 Å². The van der Waals surface area contributed by atoms with Crippen molar-refractivity contribution in [3.8, 4) is 11.5 Å². The minimum atomic E-state index is -1.15. The van der Waals surface area contributed by atoms with Gasteiger partial charge in [0, 0.05) is 11.8 Å². The molecule has 1 aliphatic heterocycles. The Hall–Kier alpha value is -3.30. The summed E-state index contributed by atoms with van der Waals surface area (Å²) in [5, 5.41) is 5.44. The molecule has 1 atom stereocenters. The van der Waals surface area contributed by atoms with Crippen molar-refractivity contribution in [2.45, 2.75) is 65.0 Å². The standard InChI is InChI=1S/C25H35N3O7/c1-15(21(30)26-17-7-8-18(33-5)19(13-17)34-6)35-20(29)14-28-22(31)25(27-23(28)32)11-9-16(10-12-25)24(2,3)4/h7-8,13,15-16H,9-12,14H2,1-6H3,(H,26,30)(H,27,32)/t15-,16?,25?/m1/s1. The Bertz CT molecular complexity index is 993. The molecule has 1 aromatic carbocycles. The van der Waals surface area contributed by atoms with Crippen LogP contribution in [0.15, 0.2) is 18.2 Å². The molecule has 10 heteroatoms. The largest absolute Gasteiger partial charge is 0.493 e. The number of imide groups is 1. The number of methoxy groups -OCH3 is 2. The molecule has 192 valence electrons. The number of urea groups is 1. The fourth-order valence-electron chi connectivity index (χ4n) is 4.71. The summed E-state index contributed by atoms with van der Waals surface area (Å²) in [4.78, 5) is 51.5. The molecule has 0 aromatic heterocycles. The molecule has 1 aromatic rings. The van der Waals surface area contributed by atoms with Crippen LogP contribution in [0.1, 0.15) is 53.4 Å². The number of benzene rings is 1. The zero-order valence-electron chi connectivity index (χ0n) is 21.2. The number of amides is 4. The van der Waals surface area contributed by atoms with Crippen molar-refractivity contribution in [3.63, 3.8) is 0 Å². The number of nitrogens with zero attached hydrogens (tertiary/aromatic N) is 1. The molecule has 0 radical (unpaired) electrons. The summed E-state index contributed by atoms with van der Waals surface area (Å²) in [5.74, 6) is -0.429. The third kappa shape index (κ3) is 5.68. The Morgan fingerprint density at radius 2 is 1.77 bits per heavy atom. The third-order valence-corrected chi connectivity index (χ3v) is 6.93. The molecule has 4 amide bonds. The van der Waals surface area contributed by atoms with E-state index in [1.165, 1.54) is 21.1 Å². The first-order chi connectivity index (χ1) is 16.4. The zero-order chi connectivity index (χ0) is 26.0. The van der Waals surface area contributed by atoms with E-state index in [-0.39, 0.29) is 5.41 Å². The van der Waals surface area contributed by atoms with Gasteiger partial charge in [-0.25, -0.2) is 4.79 Å². The van der Waals surface area contributed by atoms with Gasteiger partial charge >= 0.3 is 12.0 Å². The zero-order valence-corrected chi connectivity index (χ0v) is 21.2. The van der Waals surface area contributed by atoms with Crippen LogP contribution in [0, 0.1) is 11.3 Å². The van der Waals surface area contributed by atoms with Crippen molar-refractivity contribution in [1.82, 2.24) is 10.2 Å². The lowest BCUT2D eigenvalue weighted by Crippen LogP contribution is -2.50. The predicted octanol–water partition coefficient (Wildman–Crippen LogP) is 3.10. The van der Waals surface area contributed by atoms with Crippen LogP contribution in [0.5, 0.6) is 11.5 Å². The molecule has 3 rings (SSSR count). The molecule has 1 spiro atoms. The number of hydrogen-bond donors (Lipinski definition) is 2. The van der Waals surface area contributed by atoms with Gasteiger partial charge in [0.05, 0.1) is 14.2 Å². The fraction of sp³-hybridized carbons (Fsp3) is 0.600. The van der Waals surface area contributed by atoms with E-state index in [9.17, 15) is 19.2 Å². The van der Waals surface area contributed by atoms with Crippen molar-refractivity contribution >= 4 is 29.5 Å². The maximum atomic E-state index is 13.1. The number of anilines is 1. The van der Waals surface area contributed by atoms with Crippen LogP contribution in [-0.4, -0.2) is 61.1 Å². The Morgan fingerprint density at radius 3 is 2.34 bits per heavy atom. The number of hydrogen-bond acceptors (Lipinski definition) is 7. The first-order valence-corrected chi connectivity index (χ1v) is 11.8. The Balaban J connectivity index is 1.55. The molecular formula is C25H35N3O7. The van der Waals surface area contributed by atoms with Gasteiger partial charge in [-0.3, -0.25) is 19.3 Å². The van der Waals surface area contributed by atoms with E-state index in [1.54, 1.807) is 18.2 Å².